The summed E-state index contributed by atoms with van der Waals surface area (Å²) in [4.78, 5) is 12.8. The molecule has 0 fully saturated rings. The maximum atomic E-state index is 12.8. The van der Waals surface area contributed by atoms with E-state index in [-0.39, 0.29) is 17.4 Å². The summed E-state index contributed by atoms with van der Waals surface area (Å²) in [6.07, 6.45) is 0. The second-order valence-corrected chi connectivity index (χ2v) is 9.45. The van der Waals surface area contributed by atoms with E-state index in [2.05, 4.69) is 10.4 Å². The molecule has 28 heavy (non-hydrogen) atoms. The quantitative estimate of drug-likeness (QED) is 0.705. The van der Waals surface area contributed by atoms with Crippen LogP contribution in [0.25, 0.3) is 5.69 Å². The fourth-order valence-electron chi connectivity index (χ4n) is 3.22. The Morgan fingerprint density at radius 1 is 1.11 bits per heavy atom. The van der Waals surface area contributed by atoms with Gasteiger partial charge in [-0.25, -0.2) is 13.1 Å². The van der Waals surface area contributed by atoms with Gasteiger partial charge in [0.15, 0.2) is 9.84 Å². The fraction of sp³-hybridized carbons (Fsp3) is 0.200. The van der Waals surface area contributed by atoms with Crippen LogP contribution in [0.3, 0.4) is 0 Å². The summed E-state index contributed by atoms with van der Waals surface area (Å²) >= 11 is 5.98. The molecule has 2 heterocycles. The van der Waals surface area contributed by atoms with E-state index >= 15 is 0 Å². The number of rotatable bonds is 3. The number of amides is 1. The van der Waals surface area contributed by atoms with Gasteiger partial charge in [-0.15, -0.1) is 0 Å². The van der Waals surface area contributed by atoms with Crippen LogP contribution in [-0.4, -0.2) is 24.1 Å². The van der Waals surface area contributed by atoms with Crippen LogP contribution in [0.5, 0.6) is 0 Å². The lowest BCUT2D eigenvalue weighted by Crippen LogP contribution is -2.17. The number of nitrogens with one attached hydrogen (secondary N) is 1. The Balaban J connectivity index is 1.80. The number of aromatic nitrogens is 2. The number of hydrogen-bond acceptors (Lipinski definition) is 4. The zero-order valence-corrected chi connectivity index (χ0v) is 16.9. The molecule has 0 atom stereocenters. The third-order valence-corrected chi connectivity index (χ3v) is 6.52. The van der Waals surface area contributed by atoms with Gasteiger partial charge < -0.3 is 5.32 Å². The second kappa shape index (κ2) is 6.76. The van der Waals surface area contributed by atoms with Crippen molar-refractivity contribution in [2.45, 2.75) is 25.4 Å². The summed E-state index contributed by atoms with van der Waals surface area (Å²) in [5.41, 5.74) is 4.36. The van der Waals surface area contributed by atoms with Crippen molar-refractivity contribution in [2.24, 2.45) is 0 Å². The van der Waals surface area contributed by atoms with Crippen LogP contribution in [0.1, 0.15) is 32.7 Å². The van der Waals surface area contributed by atoms with Gasteiger partial charge in [-0.05, 0) is 55.3 Å². The molecule has 0 bridgehead atoms. The van der Waals surface area contributed by atoms with Crippen molar-refractivity contribution in [1.82, 2.24) is 9.78 Å². The molecular weight excluding hydrogens is 398 g/mol. The third kappa shape index (κ3) is 3.43. The number of carbonyl (C=O) groups excluding carboxylic acids is 1. The first kappa shape index (κ1) is 18.7. The maximum Gasteiger partial charge on any atom is 0.256 e. The van der Waals surface area contributed by atoms with Crippen molar-refractivity contribution < 1.29 is 13.2 Å². The predicted octanol–water partition coefficient (Wildman–Crippen LogP) is 3.82. The van der Waals surface area contributed by atoms with Gasteiger partial charge in [-0.2, -0.15) is 5.10 Å². The van der Waals surface area contributed by atoms with Crippen LogP contribution < -0.4 is 5.32 Å². The SMILES string of the molecule is Cc1ccc(-n2nc3c(c2NC(=O)c2cccc(Cl)c2)CS(=O)(=O)C3)cc1C. The molecule has 4 rings (SSSR count). The van der Waals surface area contributed by atoms with E-state index < -0.39 is 9.84 Å². The van der Waals surface area contributed by atoms with Crippen molar-refractivity contribution >= 4 is 33.2 Å². The van der Waals surface area contributed by atoms with E-state index in [0.717, 1.165) is 16.8 Å². The minimum Gasteiger partial charge on any atom is -0.306 e. The van der Waals surface area contributed by atoms with Gasteiger partial charge in [0.2, 0.25) is 0 Å². The van der Waals surface area contributed by atoms with Gasteiger partial charge in [-0.3, -0.25) is 4.79 Å². The number of halogens is 1. The molecule has 6 nitrogen and oxygen atoms in total. The van der Waals surface area contributed by atoms with Gasteiger partial charge in [-0.1, -0.05) is 23.7 Å². The fourth-order valence-corrected chi connectivity index (χ4v) is 4.91. The normalized spacial score (nSPS) is 14.7. The zero-order valence-electron chi connectivity index (χ0n) is 15.4. The summed E-state index contributed by atoms with van der Waals surface area (Å²) in [6, 6.07) is 12.4. The Bertz CT molecular complexity index is 1220. The van der Waals surface area contributed by atoms with E-state index in [1.54, 1.807) is 28.9 Å². The first-order chi connectivity index (χ1) is 13.2. The highest BCUT2D eigenvalue weighted by Gasteiger charge is 2.33. The summed E-state index contributed by atoms with van der Waals surface area (Å²) in [7, 11) is -3.25. The van der Waals surface area contributed by atoms with Gasteiger partial charge in [0.05, 0.1) is 22.9 Å². The molecule has 1 aliphatic rings. The maximum absolute atomic E-state index is 12.8. The van der Waals surface area contributed by atoms with Crippen LogP contribution in [-0.2, 0) is 21.3 Å². The number of fused-ring (bicyclic) bond motifs is 1. The molecule has 1 N–H and O–H groups in total. The average Bonchev–Trinajstić information content (AvgIpc) is 3.10. The van der Waals surface area contributed by atoms with Crippen molar-refractivity contribution in [3.05, 3.63) is 75.4 Å². The van der Waals surface area contributed by atoms with Crippen molar-refractivity contribution in [1.29, 1.82) is 0 Å². The highest BCUT2D eigenvalue weighted by molar-refractivity contribution is 7.90. The number of carbonyl (C=O) groups is 1. The van der Waals surface area contributed by atoms with Crippen LogP contribution in [0.4, 0.5) is 5.82 Å². The van der Waals surface area contributed by atoms with Gasteiger partial charge >= 0.3 is 0 Å². The monoisotopic (exact) mass is 415 g/mol. The molecule has 8 heteroatoms. The number of sulfone groups is 1. The van der Waals surface area contributed by atoms with Crippen LogP contribution in [0.15, 0.2) is 42.5 Å². The van der Waals surface area contributed by atoms with E-state index in [4.69, 9.17) is 11.6 Å². The van der Waals surface area contributed by atoms with E-state index in [1.165, 1.54) is 0 Å². The predicted molar refractivity (Wildman–Crippen MR) is 109 cm³/mol. The second-order valence-electron chi connectivity index (χ2n) is 6.95. The smallest absolute Gasteiger partial charge is 0.256 e. The number of nitrogens with zero attached hydrogens (tertiary/aromatic N) is 2. The van der Waals surface area contributed by atoms with Crippen LogP contribution >= 0.6 is 11.6 Å². The van der Waals surface area contributed by atoms with E-state index in [1.807, 2.05) is 32.0 Å². The molecule has 0 saturated carbocycles. The average molecular weight is 416 g/mol. The van der Waals surface area contributed by atoms with Gasteiger partial charge in [0, 0.05) is 16.1 Å². The third-order valence-electron chi connectivity index (χ3n) is 4.84. The van der Waals surface area contributed by atoms with Crippen LogP contribution in [0.2, 0.25) is 5.02 Å². The Hall–Kier alpha value is -2.64. The first-order valence-electron chi connectivity index (χ1n) is 8.69. The lowest BCUT2D eigenvalue weighted by Gasteiger charge is -2.12. The highest BCUT2D eigenvalue weighted by Crippen LogP contribution is 2.33. The number of benzene rings is 2. The largest absolute Gasteiger partial charge is 0.306 e. The molecule has 0 aliphatic carbocycles. The number of hydrogen-bond donors (Lipinski definition) is 1. The minimum absolute atomic E-state index is 0.125. The minimum atomic E-state index is -3.25. The van der Waals surface area contributed by atoms with E-state index in [9.17, 15) is 13.2 Å². The number of anilines is 1. The Kier molecular flexibility index (Phi) is 4.51. The highest BCUT2D eigenvalue weighted by atomic mass is 35.5. The Labute approximate surface area is 168 Å². The summed E-state index contributed by atoms with van der Waals surface area (Å²) < 4.78 is 25.7. The Morgan fingerprint density at radius 3 is 2.61 bits per heavy atom. The molecular formula is C20H18ClN3O3S. The van der Waals surface area contributed by atoms with E-state index in [0.29, 0.717) is 27.7 Å². The molecule has 1 aliphatic heterocycles. The molecule has 0 unspecified atom stereocenters. The standard InChI is InChI=1S/C20H18ClN3O3S/c1-12-6-7-16(8-13(12)2)24-19(17-10-28(26,27)11-18(17)23-24)22-20(25)14-4-3-5-15(21)9-14/h3-9H,10-11H2,1-2H3,(H,22,25). The summed E-state index contributed by atoms with van der Waals surface area (Å²) in [5.74, 6) is -0.262. The zero-order chi connectivity index (χ0) is 20.1. The molecule has 144 valence electrons. The van der Waals surface area contributed by atoms with Crippen LogP contribution in [0, 0.1) is 13.8 Å². The first-order valence-corrected chi connectivity index (χ1v) is 10.9. The lowest BCUT2D eigenvalue weighted by molar-refractivity contribution is 0.102. The molecule has 1 amide bonds. The molecule has 0 spiro atoms. The van der Waals surface area contributed by atoms with Crippen molar-refractivity contribution in [3.63, 3.8) is 0 Å². The lowest BCUT2D eigenvalue weighted by atomic mass is 10.1. The van der Waals surface area contributed by atoms with Gasteiger partial charge in [0.25, 0.3) is 5.91 Å². The van der Waals surface area contributed by atoms with Crippen molar-refractivity contribution in [2.75, 3.05) is 5.32 Å². The molecule has 1 aromatic heterocycles. The summed E-state index contributed by atoms with van der Waals surface area (Å²) in [6.45, 7) is 4.00. The Morgan fingerprint density at radius 2 is 1.89 bits per heavy atom. The van der Waals surface area contributed by atoms with Crippen molar-refractivity contribution in [3.8, 4) is 5.69 Å². The molecule has 0 radical (unpaired) electrons. The summed E-state index contributed by atoms with van der Waals surface area (Å²) in [5, 5.41) is 7.78. The topological polar surface area (TPSA) is 81.1 Å². The number of aryl methyl sites for hydroxylation is 2. The van der Waals surface area contributed by atoms with Gasteiger partial charge in [0.1, 0.15) is 5.82 Å². The molecule has 0 saturated heterocycles. The molecule has 2 aromatic carbocycles. The molecule has 3 aromatic rings.